The smallest absolute Gasteiger partial charge is 0.164 e. The van der Waals surface area contributed by atoms with Crippen LogP contribution in [0.15, 0.2) is 12.1 Å². The fourth-order valence-electron chi connectivity index (χ4n) is 2.48. The minimum absolute atomic E-state index is 0.0500. The molecule has 2 rings (SSSR count). The number of halogens is 2. The van der Waals surface area contributed by atoms with Crippen molar-refractivity contribution in [3.8, 4) is 11.5 Å². The Balaban J connectivity index is 2.18. The maximum Gasteiger partial charge on any atom is 0.164 e. The minimum atomic E-state index is -1.04. The molecule has 1 aliphatic rings. The number of methoxy groups -OCH3 is 1. The summed E-state index contributed by atoms with van der Waals surface area (Å²) in [6.45, 7) is -0.129. The zero-order valence-corrected chi connectivity index (χ0v) is 11.2. The van der Waals surface area contributed by atoms with Crippen LogP contribution in [0.5, 0.6) is 11.5 Å². The van der Waals surface area contributed by atoms with Crippen LogP contribution in [-0.4, -0.2) is 36.1 Å². The Morgan fingerprint density at radius 2 is 1.85 bits per heavy atom. The van der Waals surface area contributed by atoms with E-state index in [0.717, 1.165) is 18.6 Å². The second-order valence-electron chi connectivity index (χ2n) is 4.94. The van der Waals surface area contributed by atoms with Crippen LogP contribution in [0, 0.1) is 17.6 Å². The van der Waals surface area contributed by atoms with Gasteiger partial charge < -0.3 is 19.7 Å². The minimum Gasteiger partial charge on any atom is -0.493 e. The van der Waals surface area contributed by atoms with E-state index in [1.54, 1.807) is 0 Å². The fraction of sp³-hybridized carbons (Fsp3) is 0.571. The summed E-state index contributed by atoms with van der Waals surface area (Å²) in [5.41, 5.74) is 0. The average molecular weight is 288 g/mol. The van der Waals surface area contributed by atoms with Crippen molar-refractivity contribution in [1.29, 1.82) is 0 Å². The molecular weight excluding hydrogens is 270 g/mol. The molecule has 1 aliphatic carbocycles. The molecule has 0 aliphatic heterocycles. The van der Waals surface area contributed by atoms with Crippen molar-refractivity contribution in [2.45, 2.75) is 31.5 Å². The first-order chi connectivity index (χ1) is 9.56. The van der Waals surface area contributed by atoms with Crippen LogP contribution < -0.4 is 9.47 Å². The molecule has 1 saturated carbocycles. The SMILES string of the molecule is COc1cc(F)c(F)cc1OC1CCCC(CO)[C@H]1O. The molecule has 0 heterocycles. The van der Waals surface area contributed by atoms with Crippen molar-refractivity contribution in [3.63, 3.8) is 0 Å². The van der Waals surface area contributed by atoms with Gasteiger partial charge in [0.15, 0.2) is 23.1 Å². The summed E-state index contributed by atoms with van der Waals surface area (Å²) in [4.78, 5) is 0. The van der Waals surface area contributed by atoms with E-state index in [9.17, 15) is 19.0 Å². The maximum absolute atomic E-state index is 13.3. The van der Waals surface area contributed by atoms with E-state index in [0.29, 0.717) is 12.8 Å². The first-order valence-electron chi connectivity index (χ1n) is 6.55. The van der Waals surface area contributed by atoms with Gasteiger partial charge in [-0.2, -0.15) is 0 Å². The van der Waals surface area contributed by atoms with E-state index in [1.165, 1.54) is 7.11 Å². The Kier molecular flexibility index (Phi) is 4.77. The molecule has 0 spiro atoms. The van der Waals surface area contributed by atoms with E-state index in [4.69, 9.17) is 9.47 Å². The van der Waals surface area contributed by atoms with Gasteiger partial charge in [0.2, 0.25) is 0 Å². The van der Waals surface area contributed by atoms with Gasteiger partial charge in [-0.15, -0.1) is 0 Å². The molecule has 112 valence electrons. The number of rotatable bonds is 4. The van der Waals surface area contributed by atoms with Crippen LogP contribution >= 0.6 is 0 Å². The highest BCUT2D eigenvalue weighted by atomic mass is 19.2. The molecule has 1 aromatic carbocycles. The number of aliphatic hydroxyl groups excluding tert-OH is 2. The van der Waals surface area contributed by atoms with Crippen molar-refractivity contribution >= 4 is 0 Å². The zero-order chi connectivity index (χ0) is 14.7. The van der Waals surface area contributed by atoms with Gasteiger partial charge in [-0.25, -0.2) is 8.78 Å². The van der Waals surface area contributed by atoms with E-state index in [2.05, 4.69) is 0 Å². The normalized spacial score (nSPS) is 26.4. The molecule has 0 saturated heterocycles. The van der Waals surface area contributed by atoms with Gasteiger partial charge in [0, 0.05) is 24.7 Å². The molecule has 6 heteroatoms. The molecule has 2 unspecified atom stereocenters. The highest BCUT2D eigenvalue weighted by Gasteiger charge is 2.33. The summed E-state index contributed by atoms with van der Waals surface area (Å²) in [5, 5.41) is 19.3. The van der Waals surface area contributed by atoms with E-state index in [-0.39, 0.29) is 24.0 Å². The van der Waals surface area contributed by atoms with Gasteiger partial charge in [-0.3, -0.25) is 0 Å². The van der Waals surface area contributed by atoms with Crippen LogP contribution in [0.3, 0.4) is 0 Å². The number of benzene rings is 1. The van der Waals surface area contributed by atoms with Crippen molar-refractivity contribution < 1.29 is 28.5 Å². The summed E-state index contributed by atoms with van der Waals surface area (Å²) < 4.78 is 36.9. The van der Waals surface area contributed by atoms with Crippen LogP contribution in [0.1, 0.15) is 19.3 Å². The molecule has 0 aromatic heterocycles. The maximum atomic E-state index is 13.3. The lowest BCUT2D eigenvalue weighted by molar-refractivity contribution is -0.0474. The summed E-state index contributed by atoms with van der Waals surface area (Å²) >= 11 is 0. The molecular formula is C14H18F2O4. The van der Waals surface area contributed by atoms with E-state index in [1.807, 2.05) is 0 Å². The molecule has 20 heavy (non-hydrogen) atoms. The largest absolute Gasteiger partial charge is 0.493 e. The highest BCUT2D eigenvalue weighted by Crippen LogP contribution is 2.34. The Labute approximate surface area is 115 Å². The van der Waals surface area contributed by atoms with Crippen molar-refractivity contribution in [2.75, 3.05) is 13.7 Å². The number of hydrogen-bond donors (Lipinski definition) is 2. The average Bonchev–Trinajstić information content (AvgIpc) is 2.44. The first kappa shape index (κ1) is 15.0. The molecule has 1 fully saturated rings. The summed E-state index contributed by atoms with van der Waals surface area (Å²) in [5.74, 6) is -2.20. The monoisotopic (exact) mass is 288 g/mol. The van der Waals surface area contributed by atoms with Crippen molar-refractivity contribution in [2.24, 2.45) is 5.92 Å². The molecule has 0 amide bonds. The molecule has 4 nitrogen and oxygen atoms in total. The van der Waals surface area contributed by atoms with Crippen LogP contribution in [0.25, 0.3) is 0 Å². The summed E-state index contributed by atoms with van der Waals surface area (Å²) in [7, 11) is 1.33. The van der Waals surface area contributed by atoms with Gasteiger partial charge in [0.1, 0.15) is 6.10 Å². The fourth-order valence-corrected chi connectivity index (χ4v) is 2.48. The number of aliphatic hydroxyl groups is 2. The van der Waals surface area contributed by atoms with Crippen LogP contribution in [0.2, 0.25) is 0 Å². The molecule has 3 atom stereocenters. The number of hydrogen-bond acceptors (Lipinski definition) is 4. The third kappa shape index (κ3) is 3.02. The summed E-state index contributed by atoms with van der Waals surface area (Å²) in [6, 6.07) is 1.81. The van der Waals surface area contributed by atoms with Gasteiger partial charge in [0.05, 0.1) is 13.2 Å². The Morgan fingerprint density at radius 3 is 2.45 bits per heavy atom. The quantitative estimate of drug-likeness (QED) is 0.888. The Morgan fingerprint density at radius 1 is 1.20 bits per heavy atom. The molecule has 1 aromatic rings. The lowest BCUT2D eigenvalue weighted by Gasteiger charge is -2.34. The topological polar surface area (TPSA) is 58.9 Å². The molecule has 2 N–H and O–H groups in total. The predicted octanol–water partition coefficient (Wildman–Crippen LogP) is 1.87. The van der Waals surface area contributed by atoms with Crippen LogP contribution in [-0.2, 0) is 0 Å². The van der Waals surface area contributed by atoms with Gasteiger partial charge in [-0.05, 0) is 19.3 Å². The van der Waals surface area contributed by atoms with Crippen molar-refractivity contribution in [1.82, 2.24) is 0 Å². The standard InChI is InChI=1S/C14H18F2O4/c1-19-12-5-9(15)10(16)6-13(12)20-11-4-2-3-8(7-17)14(11)18/h5-6,8,11,14,17-18H,2-4,7H2,1H3/t8?,11?,14-/m1/s1. The lowest BCUT2D eigenvalue weighted by Crippen LogP contribution is -2.42. The third-order valence-corrected chi connectivity index (χ3v) is 3.65. The summed E-state index contributed by atoms with van der Waals surface area (Å²) in [6.07, 6.45) is 0.678. The predicted molar refractivity (Wildman–Crippen MR) is 67.8 cm³/mol. The third-order valence-electron chi connectivity index (χ3n) is 3.65. The van der Waals surface area contributed by atoms with Crippen LogP contribution in [0.4, 0.5) is 8.78 Å². The Hall–Kier alpha value is -1.40. The van der Waals surface area contributed by atoms with E-state index >= 15 is 0 Å². The van der Waals surface area contributed by atoms with Gasteiger partial charge >= 0.3 is 0 Å². The van der Waals surface area contributed by atoms with Gasteiger partial charge in [0.25, 0.3) is 0 Å². The highest BCUT2D eigenvalue weighted by molar-refractivity contribution is 5.41. The lowest BCUT2D eigenvalue weighted by atomic mass is 9.85. The van der Waals surface area contributed by atoms with Gasteiger partial charge in [-0.1, -0.05) is 0 Å². The molecule has 0 bridgehead atoms. The first-order valence-corrected chi connectivity index (χ1v) is 6.55. The molecule has 0 radical (unpaired) electrons. The number of ether oxygens (including phenoxy) is 2. The second kappa shape index (κ2) is 6.37. The Bertz CT molecular complexity index is 467. The van der Waals surface area contributed by atoms with E-state index < -0.39 is 23.8 Å². The van der Waals surface area contributed by atoms with Crippen molar-refractivity contribution in [3.05, 3.63) is 23.8 Å². The zero-order valence-electron chi connectivity index (χ0n) is 11.2. The second-order valence-corrected chi connectivity index (χ2v) is 4.94.